The first-order valence-electron chi connectivity index (χ1n) is 7.77. The molecule has 0 fully saturated rings. The van der Waals surface area contributed by atoms with Crippen molar-refractivity contribution in [3.8, 4) is 0 Å². The zero-order chi connectivity index (χ0) is 16.4. The molecule has 1 aromatic carbocycles. The molecule has 0 amide bonds. The predicted molar refractivity (Wildman–Crippen MR) is 90.4 cm³/mol. The SMILES string of the molecule is CC(=O)/C=C(\C)Nc1nc2n(n1)C(c1ccccc1)CC(C)N2. The molecule has 2 aromatic rings. The third-order valence-electron chi connectivity index (χ3n) is 3.79. The zero-order valence-electron chi connectivity index (χ0n) is 13.6. The lowest BCUT2D eigenvalue weighted by atomic mass is 9.99. The van der Waals surface area contributed by atoms with Gasteiger partial charge < -0.3 is 10.6 Å². The summed E-state index contributed by atoms with van der Waals surface area (Å²) in [5.41, 5.74) is 1.94. The van der Waals surface area contributed by atoms with Crippen LogP contribution in [0.2, 0.25) is 0 Å². The number of carbonyl (C=O) groups is 1. The molecular formula is C17H21N5O. The Morgan fingerprint density at radius 1 is 1.35 bits per heavy atom. The minimum atomic E-state index is -0.00659. The van der Waals surface area contributed by atoms with E-state index < -0.39 is 0 Å². The Balaban J connectivity index is 1.91. The van der Waals surface area contributed by atoms with Crippen LogP contribution in [0.4, 0.5) is 11.9 Å². The summed E-state index contributed by atoms with van der Waals surface area (Å²) < 4.78 is 1.92. The highest BCUT2D eigenvalue weighted by molar-refractivity contribution is 5.88. The Bertz CT molecular complexity index is 735. The first kappa shape index (κ1) is 15.3. The highest BCUT2D eigenvalue weighted by atomic mass is 16.1. The molecule has 0 saturated carbocycles. The number of anilines is 2. The molecule has 1 aliphatic rings. The first-order chi connectivity index (χ1) is 11.0. The van der Waals surface area contributed by atoms with Gasteiger partial charge in [0.15, 0.2) is 5.78 Å². The molecule has 1 aromatic heterocycles. The van der Waals surface area contributed by atoms with Crippen LogP contribution in [0.15, 0.2) is 42.1 Å². The molecule has 0 bridgehead atoms. The fourth-order valence-electron chi connectivity index (χ4n) is 2.88. The second kappa shape index (κ2) is 6.24. The van der Waals surface area contributed by atoms with E-state index in [4.69, 9.17) is 0 Å². The highest BCUT2D eigenvalue weighted by Gasteiger charge is 2.28. The third kappa shape index (κ3) is 3.41. The zero-order valence-corrected chi connectivity index (χ0v) is 13.6. The average molecular weight is 311 g/mol. The van der Waals surface area contributed by atoms with Crippen LogP contribution < -0.4 is 10.6 Å². The Hall–Kier alpha value is -2.63. The van der Waals surface area contributed by atoms with Crippen molar-refractivity contribution in [3.05, 3.63) is 47.7 Å². The second-order valence-electron chi connectivity index (χ2n) is 5.97. The molecule has 2 atom stereocenters. The number of nitrogens with zero attached hydrogens (tertiary/aromatic N) is 3. The molecule has 0 saturated heterocycles. The Morgan fingerprint density at radius 2 is 2.09 bits per heavy atom. The molecule has 23 heavy (non-hydrogen) atoms. The third-order valence-corrected chi connectivity index (χ3v) is 3.79. The van der Waals surface area contributed by atoms with Crippen LogP contribution in [0, 0.1) is 0 Å². The summed E-state index contributed by atoms with van der Waals surface area (Å²) in [6.07, 6.45) is 2.48. The minimum Gasteiger partial charge on any atom is -0.352 e. The van der Waals surface area contributed by atoms with Crippen molar-refractivity contribution in [2.75, 3.05) is 10.6 Å². The number of hydrogen-bond donors (Lipinski definition) is 2. The van der Waals surface area contributed by atoms with Crippen molar-refractivity contribution in [1.82, 2.24) is 14.8 Å². The molecule has 2 unspecified atom stereocenters. The molecule has 1 aliphatic heterocycles. The van der Waals surface area contributed by atoms with Gasteiger partial charge in [-0.05, 0) is 38.8 Å². The van der Waals surface area contributed by atoms with Crippen LogP contribution in [0.25, 0.3) is 0 Å². The number of fused-ring (bicyclic) bond motifs is 1. The summed E-state index contributed by atoms with van der Waals surface area (Å²) in [5, 5.41) is 11.0. The summed E-state index contributed by atoms with van der Waals surface area (Å²) in [5.74, 6) is 1.24. The molecule has 0 aliphatic carbocycles. The van der Waals surface area contributed by atoms with Gasteiger partial charge in [-0.25, -0.2) is 4.68 Å². The first-order valence-corrected chi connectivity index (χ1v) is 7.77. The molecule has 2 N–H and O–H groups in total. The van der Waals surface area contributed by atoms with Crippen molar-refractivity contribution in [1.29, 1.82) is 0 Å². The van der Waals surface area contributed by atoms with Gasteiger partial charge in [0.05, 0.1) is 6.04 Å². The quantitative estimate of drug-likeness (QED) is 0.849. The maximum absolute atomic E-state index is 11.1. The van der Waals surface area contributed by atoms with Crippen molar-refractivity contribution < 1.29 is 4.79 Å². The normalized spacial score (nSPS) is 20.6. The topological polar surface area (TPSA) is 71.8 Å². The number of rotatable bonds is 4. The fourth-order valence-corrected chi connectivity index (χ4v) is 2.88. The van der Waals surface area contributed by atoms with Gasteiger partial charge in [-0.2, -0.15) is 4.98 Å². The van der Waals surface area contributed by atoms with Crippen LogP contribution in [0.1, 0.15) is 38.8 Å². The van der Waals surface area contributed by atoms with E-state index in [9.17, 15) is 4.79 Å². The van der Waals surface area contributed by atoms with E-state index in [1.807, 2.05) is 29.8 Å². The van der Waals surface area contributed by atoms with Crippen LogP contribution in [0.5, 0.6) is 0 Å². The fraction of sp³-hybridized carbons (Fsp3) is 0.353. The van der Waals surface area contributed by atoms with Crippen molar-refractivity contribution >= 4 is 17.7 Å². The van der Waals surface area contributed by atoms with Gasteiger partial charge in [0, 0.05) is 11.7 Å². The molecule has 3 rings (SSSR count). The Morgan fingerprint density at radius 3 is 2.78 bits per heavy atom. The second-order valence-corrected chi connectivity index (χ2v) is 5.97. The summed E-state index contributed by atoms with van der Waals surface area (Å²) in [6, 6.07) is 10.8. The number of ketones is 1. The molecule has 2 heterocycles. The van der Waals surface area contributed by atoms with Crippen LogP contribution in [0.3, 0.4) is 0 Å². The number of nitrogens with one attached hydrogen (secondary N) is 2. The molecule has 0 radical (unpaired) electrons. The van der Waals surface area contributed by atoms with Gasteiger partial charge >= 0.3 is 0 Å². The number of carbonyl (C=O) groups excluding carboxylic acids is 1. The lowest BCUT2D eigenvalue weighted by molar-refractivity contribution is -0.112. The van der Waals surface area contributed by atoms with Crippen molar-refractivity contribution in [3.63, 3.8) is 0 Å². The van der Waals surface area contributed by atoms with Crippen LogP contribution >= 0.6 is 0 Å². The van der Waals surface area contributed by atoms with Crippen molar-refractivity contribution in [2.24, 2.45) is 0 Å². The van der Waals surface area contributed by atoms with Gasteiger partial charge in [-0.1, -0.05) is 30.3 Å². The van der Waals surface area contributed by atoms with E-state index in [2.05, 4.69) is 39.8 Å². The average Bonchev–Trinajstić information content (AvgIpc) is 2.88. The number of aromatic nitrogens is 3. The maximum Gasteiger partial charge on any atom is 0.248 e. The largest absolute Gasteiger partial charge is 0.352 e. The van der Waals surface area contributed by atoms with Gasteiger partial charge in [0.25, 0.3) is 0 Å². The van der Waals surface area contributed by atoms with Gasteiger partial charge in [-0.3, -0.25) is 4.79 Å². The molecule has 120 valence electrons. The summed E-state index contributed by atoms with van der Waals surface area (Å²) >= 11 is 0. The van der Waals surface area contributed by atoms with E-state index in [0.717, 1.165) is 18.1 Å². The number of allylic oxidation sites excluding steroid dienone is 2. The van der Waals surface area contributed by atoms with E-state index in [-0.39, 0.29) is 11.8 Å². The van der Waals surface area contributed by atoms with E-state index in [0.29, 0.717) is 12.0 Å². The Labute approximate surface area is 135 Å². The van der Waals surface area contributed by atoms with Gasteiger partial charge in [0.1, 0.15) is 0 Å². The van der Waals surface area contributed by atoms with Crippen LogP contribution in [-0.4, -0.2) is 26.6 Å². The van der Waals surface area contributed by atoms with Crippen molar-refractivity contribution in [2.45, 2.75) is 39.3 Å². The summed E-state index contributed by atoms with van der Waals surface area (Å²) in [7, 11) is 0. The lowest BCUT2D eigenvalue weighted by Gasteiger charge is -2.29. The van der Waals surface area contributed by atoms with Gasteiger partial charge in [0.2, 0.25) is 11.9 Å². The number of benzene rings is 1. The predicted octanol–water partition coefficient (Wildman–Crippen LogP) is 2.98. The standard InChI is InChI=1S/C17H21N5O/c1-11(9-13(3)23)18-16-20-17-19-12(2)10-15(22(17)21-16)14-7-5-4-6-8-14/h4-9,12,15H,10H2,1-3H3,(H2,18,19,20,21)/b11-9+. The lowest BCUT2D eigenvalue weighted by Crippen LogP contribution is -2.31. The van der Waals surface area contributed by atoms with E-state index in [1.54, 1.807) is 0 Å². The molecule has 6 heteroatoms. The molecule has 6 nitrogen and oxygen atoms in total. The smallest absolute Gasteiger partial charge is 0.248 e. The number of hydrogen-bond acceptors (Lipinski definition) is 5. The Kier molecular flexibility index (Phi) is 4.14. The maximum atomic E-state index is 11.1. The molecule has 0 spiro atoms. The highest BCUT2D eigenvalue weighted by Crippen LogP contribution is 2.31. The summed E-state index contributed by atoms with van der Waals surface area (Å²) in [6.45, 7) is 5.49. The minimum absolute atomic E-state index is 0.00659. The van der Waals surface area contributed by atoms with Gasteiger partial charge in [-0.15, -0.1) is 5.10 Å². The summed E-state index contributed by atoms with van der Waals surface area (Å²) in [4.78, 5) is 15.6. The monoisotopic (exact) mass is 311 g/mol. The van der Waals surface area contributed by atoms with E-state index >= 15 is 0 Å². The molecular weight excluding hydrogens is 290 g/mol. The van der Waals surface area contributed by atoms with E-state index in [1.165, 1.54) is 18.6 Å². The van der Waals surface area contributed by atoms with Crippen LogP contribution in [-0.2, 0) is 4.79 Å².